The highest BCUT2D eigenvalue weighted by molar-refractivity contribution is 5.79. The van der Waals surface area contributed by atoms with Crippen LogP contribution in [0.3, 0.4) is 0 Å². The maximum atomic E-state index is 12.4. The zero-order valence-corrected chi connectivity index (χ0v) is 13.9. The van der Waals surface area contributed by atoms with E-state index in [2.05, 4.69) is 0 Å². The van der Waals surface area contributed by atoms with Gasteiger partial charge in [-0.15, -0.1) is 0 Å². The summed E-state index contributed by atoms with van der Waals surface area (Å²) in [5.74, 6) is -0.0259. The van der Waals surface area contributed by atoms with Crippen LogP contribution in [0.1, 0.15) is 31.2 Å². The fourth-order valence-electron chi connectivity index (χ4n) is 3.25. The lowest BCUT2D eigenvalue weighted by Crippen LogP contribution is -2.47. The van der Waals surface area contributed by atoms with Crippen LogP contribution in [-0.4, -0.2) is 53.5 Å². The van der Waals surface area contributed by atoms with Crippen LogP contribution in [0.5, 0.6) is 0 Å². The molecule has 0 radical (unpaired) electrons. The van der Waals surface area contributed by atoms with Crippen LogP contribution in [0, 0.1) is 0 Å². The SMILES string of the molecule is NCC(=O)N(CC1CCCN1C(=O)OCc1ccccc1)C1CC1. The van der Waals surface area contributed by atoms with Crippen molar-refractivity contribution in [2.75, 3.05) is 19.6 Å². The van der Waals surface area contributed by atoms with E-state index < -0.39 is 0 Å². The van der Waals surface area contributed by atoms with Gasteiger partial charge in [0.1, 0.15) is 6.61 Å². The number of benzene rings is 1. The van der Waals surface area contributed by atoms with E-state index in [1.807, 2.05) is 35.2 Å². The second kappa shape index (κ2) is 7.66. The summed E-state index contributed by atoms with van der Waals surface area (Å²) in [4.78, 5) is 28.1. The van der Waals surface area contributed by atoms with Gasteiger partial charge in [0.25, 0.3) is 0 Å². The van der Waals surface area contributed by atoms with Gasteiger partial charge in [0.05, 0.1) is 12.6 Å². The Morgan fingerprint density at radius 2 is 1.96 bits per heavy atom. The summed E-state index contributed by atoms with van der Waals surface area (Å²) in [5, 5.41) is 0. The molecular weight excluding hydrogens is 306 g/mol. The number of carbonyl (C=O) groups excluding carboxylic acids is 2. The Balaban J connectivity index is 1.56. The molecule has 2 fully saturated rings. The number of ether oxygens (including phenoxy) is 1. The molecule has 130 valence electrons. The molecule has 2 aliphatic rings. The van der Waals surface area contributed by atoms with Crippen molar-refractivity contribution in [3.8, 4) is 0 Å². The second-order valence-corrected chi connectivity index (χ2v) is 6.51. The fraction of sp³-hybridized carbons (Fsp3) is 0.556. The van der Waals surface area contributed by atoms with E-state index in [0.717, 1.165) is 31.2 Å². The van der Waals surface area contributed by atoms with Crippen LogP contribution in [0.25, 0.3) is 0 Å². The Bertz CT molecular complexity index is 574. The van der Waals surface area contributed by atoms with E-state index in [9.17, 15) is 9.59 Å². The maximum absolute atomic E-state index is 12.4. The van der Waals surface area contributed by atoms with Gasteiger partial charge in [0.15, 0.2) is 0 Å². The van der Waals surface area contributed by atoms with Gasteiger partial charge in [-0.3, -0.25) is 4.79 Å². The van der Waals surface area contributed by atoms with Crippen LogP contribution < -0.4 is 5.73 Å². The molecule has 0 aromatic heterocycles. The number of carbonyl (C=O) groups is 2. The van der Waals surface area contributed by atoms with Crippen molar-refractivity contribution in [1.82, 2.24) is 9.80 Å². The molecular formula is C18H25N3O3. The Hall–Kier alpha value is -2.08. The third kappa shape index (κ3) is 4.06. The first-order valence-corrected chi connectivity index (χ1v) is 8.66. The van der Waals surface area contributed by atoms with Crippen molar-refractivity contribution >= 4 is 12.0 Å². The molecule has 0 bridgehead atoms. The smallest absolute Gasteiger partial charge is 0.410 e. The van der Waals surface area contributed by atoms with E-state index in [1.54, 1.807) is 4.90 Å². The highest BCUT2D eigenvalue weighted by Gasteiger charge is 2.37. The maximum Gasteiger partial charge on any atom is 0.410 e. The zero-order valence-electron chi connectivity index (χ0n) is 13.9. The Morgan fingerprint density at radius 1 is 1.21 bits per heavy atom. The molecule has 1 saturated heterocycles. The van der Waals surface area contributed by atoms with Crippen molar-refractivity contribution in [2.24, 2.45) is 5.73 Å². The number of hydrogen-bond acceptors (Lipinski definition) is 4. The Labute approximate surface area is 142 Å². The van der Waals surface area contributed by atoms with E-state index >= 15 is 0 Å². The molecule has 2 N–H and O–H groups in total. The molecule has 1 unspecified atom stereocenters. The Kier molecular flexibility index (Phi) is 5.35. The second-order valence-electron chi connectivity index (χ2n) is 6.51. The average Bonchev–Trinajstić information content (AvgIpc) is 3.35. The number of hydrogen-bond donors (Lipinski definition) is 1. The van der Waals surface area contributed by atoms with E-state index in [4.69, 9.17) is 10.5 Å². The molecule has 6 heteroatoms. The highest BCUT2D eigenvalue weighted by Crippen LogP contribution is 2.29. The van der Waals surface area contributed by atoms with E-state index in [1.165, 1.54) is 0 Å². The minimum absolute atomic E-state index is 0.0259. The Morgan fingerprint density at radius 3 is 2.62 bits per heavy atom. The summed E-state index contributed by atoms with van der Waals surface area (Å²) < 4.78 is 5.45. The highest BCUT2D eigenvalue weighted by atomic mass is 16.6. The average molecular weight is 331 g/mol. The van der Waals surface area contributed by atoms with Gasteiger partial charge in [0.2, 0.25) is 5.91 Å². The summed E-state index contributed by atoms with van der Waals surface area (Å²) in [6.45, 7) is 1.56. The van der Waals surface area contributed by atoms with Crippen LogP contribution in [-0.2, 0) is 16.1 Å². The third-order valence-corrected chi connectivity index (χ3v) is 4.71. The number of nitrogens with zero attached hydrogens (tertiary/aromatic N) is 2. The molecule has 3 rings (SSSR count). The molecule has 1 aromatic carbocycles. The predicted molar refractivity (Wildman–Crippen MR) is 90.1 cm³/mol. The van der Waals surface area contributed by atoms with Gasteiger partial charge in [-0.1, -0.05) is 30.3 Å². The summed E-state index contributed by atoms with van der Waals surface area (Å²) >= 11 is 0. The molecule has 1 saturated carbocycles. The summed E-state index contributed by atoms with van der Waals surface area (Å²) in [7, 11) is 0. The summed E-state index contributed by atoms with van der Waals surface area (Å²) in [5.41, 5.74) is 6.49. The van der Waals surface area contributed by atoms with Crippen molar-refractivity contribution < 1.29 is 14.3 Å². The lowest BCUT2D eigenvalue weighted by Gasteiger charge is -2.30. The normalized spacial score (nSPS) is 20.0. The molecule has 1 heterocycles. The molecule has 1 aliphatic carbocycles. The van der Waals surface area contributed by atoms with Crippen molar-refractivity contribution in [3.63, 3.8) is 0 Å². The number of amides is 2. The lowest BCUT2D eigenvalue weighted by molar-refractivity contribution is -0.131. The fourth-order valence-corrected chi connectivity index (χ4v) is 3.25. The molecule has 2 amide bonds. The molecule has 1 atom stereocenters. The topological polar surface area (TPSA) is 75.9 Å². The molecule has 6 nitrogen and oxygen atoms in total. The number of rotatable bonds is 6. The predicted octanol–water partition coefficient (Wildman–Crippen LogP) is 1.74. The van der Waals surface area contributed by atoms with E-state index in [0.29, 0.717) is 19.1 Å². The van der Waals surface area contributed by atoms with Crippen LogP contribution in [0.2, 0.25) is 0 Å². The summed E-state index contributed by atoms with van der Waals surface area (Å²) in [6, 6.07) is 9.99. The van der Waals surface area contributed by atoms with Gasteiger partial charge in [-0.05, 0) is 31.2 Å². The number of nitrogens with two attached hydrogens (primary N) is 1. The minimum atomic E-state index is -0.294. The molecule has 1 aromatic rings. The van der Waals surface area contributed by atoms with Gasteiger partial charge in [0, 0.05) is 19.1 Å². The van der Waals surface area contributed by atoms with Gasteiger partial charge < -0.3 is 20.3 Å². The van der Waals surface area contributed by atoms with E-state index in [-0.39, 0.29) is 31.2 Å². The first-order chi connectivity index (χ1) is 11.7. The van der Waals surface area contributed by atoms with Crippen molar-refractivity contribution in [2.45, 2.75) is 44.4 Å². The van der Waals surface area contributed by atoms with Gasteiger partial charge in [-0.2, -0.15) is 0 Å². The van der Waals surface area contributed by atoms with Crippen LogP contribution >= 0.6 is 0 Å². The summed E-state index contributed by atoms with van der Waals surface area (Å²) in [6.07, 6.45) is 3.63. The molecule has 0 spiro atoms. The minimum Gasteiger partial charge on any atom is -0.445 e. The lowest BCUT2D eigenvalue weighted by atomic mass is 10.2. The first kappa shape index (κ1) is 16.8. The molecule has 1 aliphatic heterocycles. The van der Waals surface area contributed by atoms with Crippen molar-refractivity contribution in [1.29, 1.82) is 0 Å². The van der Waals surface area contributed by atoms with Gasteiger partial charge >= 0.3 is 6.09 Å². The molecule has 24 heavy (non-hydrogen) atoms. The monoisotopic (exact) mass is 331 g/mol. The van der Waals surface area contributed by atoms with Crippen LogP contribution in [0.4, 0.5) is 4.79 Å². The standard InChI is InChI=1S/C18H25N3O3/c19-11-17(22)21(15-8-9-15)12-16-7-4-10-20(16)18(23)24-13-14-5-2-1-3-6-14/h1-3,5-6,15-16H,4,7-13,19H2. The first-order valence-electron chi connectivity index (χ1n) is 8.66. The number of likely N-dealkylation sites (tertiary alicyclic amines) is 1. The largest absolute Gasteiger partial charge is 0.445 e. The van der Waals surface area contributed by atoms with Crippen LogP contribution in [0.15, 0.2) is 30.3 Å². The van der Waals surface area contributed by atoms with Gasteiger partial charge in [-0.25, -0.2) is 4.79 Å². The quantitative estimate of drug-likeness (QED) is 0.861. The third-order valence-electron chi connectivity index (χ3n) is 4.71. The van der Waals surface area contributed by atoms with Crippen molar-refractivity contribution in [3.05, 3.63) is 35.9 Å². The zero-order chi connectivity index (χ0) is 16.9.